The molecule has 17 heavy (non-hydrogen) atoms. The molecule has 0 spiro atoms. The Morgan fingerprint density at radius 3 is 2.24 bits per heavy atom. The molecule has 0 aromatic rings. The first-order chi connectivity index (χ1) is 7.79. The fourth-order valence-electron chi connectivity index (χ4n) is 1.08. The minimum Gasteiger partial charge on any atom is -0.353 e. The van der Waals surface area contributed by atoms with E-state index in [0.29, 0.717) is 6.54 Å². The third-order valence-corrected chi connectivity index (χ3v) is 2.27. The first-order valence-electron chi connectivity index (χ1n) is 6.08. The third-order valence-electron chi connectivity index (χ3n) is 2.27. The summed E-state index contributed by atoms with van der Waals surface area (Å²) in [7, 11) is 0. The summed E-state index contributed by atoms with van der Waals surface area (Å²) in [6.07, 6.45) is 0. The number of likely N-dealkylation sites (N-methyl/N-ethyl adjacent to an activating group) is 1. The van der Waals surface area contributed by atoms with Crippen LogP contribution in [-0.4, -0.2) is 37.5 Å². The Hall–Kier alpha value is -1.10. The van der Waals surface area contributed by atoms with Gasteiger partial charge in [0.15, 0.2) is 0 Å². The second-order valence-electron chi connectivity index (χ2n) is 5.09. The summed E-state index contributed by atoms with van der Waals surface area (Å²) < 4.78 is 0. The summed E-state index contributed by atoms with van der Waals surface area (Å²) in [6, 6.07) is -0.497. The van der Waals surface area contributed by atoms with Gasteiger partial charge in [0.1, 0.15) is 6.04 Å². The lowest BCUT2D eigenvalue weighted by Gasteiger charge is -2.21. The second kappa shape index (κ2) is 7.27. The van der Waals surface area contributed by atoms with Crippen molar-refractivity contribution in [3.63, 3.8) is 0 Å². The van der Waals surface area contributed by atoms with Gasteiger partial charge in [-0.3, -0.25) is 9.59 Å². The van der Waals surface area contributed by atoms with E-state index in [4.69, 9.17) is 0 Å². The third kappa shape index (κ3) is 6.94. The summed E-state index contributed by atoms with van der Waals surface area (Å²) in [4.78, 5) is 23.3. The SMILES string of the molecule is CCNCCNC(=O)C(C)NC(=O)C(C)(C)C. The molecular formula is C12H25N3O2. The number of carbonyl (C=O) groups is 2. The predicted molar refractivity (Wildman–Crippen MR) is 68.6 cm³/mol. The fourth-order valence-corrected chi connectivity index (χ4v) is 1.08. The van der Waals surface area contributed by atoms with Gasteiger partial charge in [-0.1, -0.05) is 27.7 Å². The molecule has 5 nitrogen and oxygen atoms in total. The maximum absolute atomic E-state index is 11.7. The van der Waals surface area contributed by atoms with Gasteiger partial charge in [0, 0.05) is 18.5 Å². The zero-order valence-corrected chi connectivity index (χ0v) is 11.5. The molecular weight excluding hydrogens is 218 g/mol. The smallest absolute Gasteiger partial charge is 0.242 e. The zero-order chi connectivity index (χ0) is 13.5. The number of hydrogen-bond donors (Lipinski definition) is 3. The van der Waals surface area contributed by atoms with Crippen molar-refractivity contribution in [1.29, 1.82) is 0 Å². The lowest BCUT2D eigenvalue weighted by molar-refractivity contribution is -0.133. The molecule has 5 heteroatoms. The molecule has 0 aromatic carbocycles. The quantitative estimate of drug-likeness (QED) is 0.586. The van der Waals surface area contributed by atoms with E-state index in [1.165, 1.54) is 0 Å². The van der Waals surface area contributed by atoms with Crippen molar-refractivity contribution in [2.45, 2.75) is 40.7 Å². The van der Waals surface area contributed by atoms with Crippen molar-refractivity contribution < 1.29 is 9.59 Å². The maximum Gasteiger partial charge on any atom is 0.242 e. The largest absolute Gasteiger partial charge is 0.353 e. The summed E-state index contributed by atoms with van der Waals surface area (Å²) >= 11 is 0. The first-order valence-corrected chi connectivity index (χ1v) is 6.08. The molecule has 1 unspecified atom stereocenters. The monoisotopic (exact) mass is 243 g/mol. The number of rotatable bonds is 6. The summed E-state index contributed by atoms with van der Waals surface area (Å²) in [5.41, 5.74) is -0.474. The van der Waals surface area contributed by atoms with Crippen molar-refractivity contribution in [1.82, 2.24) is 16.0 Å². The lowest BCUT2D eigenvalue weighted by Crippen LogP contribution is -2.49. The molecule has 0 saturated heterocycles. The molecule has 0 aliphatic rings. The van der Waals surface area contributed by atoms with Crippen LogP contribution in [0.25, 0.3) is 0 Å². The maximum atomic E-state index is 11.7. The minimum absolute atomic E-state index is 0.119. The molecule has 0 saturated carbocycles. The minimum atomic E-state index is -0.497. The van der Waals surface area contributed by atoms with E-state index in [-0.39, 0.29) is 11.8 Å². The van der Waals surface area contributed by atoms with Crippen LogP contribution in [0.3, 0.4) is 0 Å². The van der Waals surface area contributed by atoms with Crippen molar-refractivity contribution in [2.75, 3.05) is 19.6 Å². The first kappa shape index (κ1) is 15.9. The molecule has 1 atom stereocenters. The molecule has 3 N–H and O–H groups in total. The van der Waals surface area contributed by atoms with Crippen molar-refractivity contribution in [3.05, 3.63) is 0 Å². The average Bonchev–Trinajstić information content (AvgIpc) is 2.22. The lowest BCUT2D eigenvalue weighted by atomic mass is 9.95. The van der Waals surface area contributed by atoms with Gasteiger partial charge in [0.2, 0.25) is 11.8 Å². The highest BCUT2D eigenvalue weighted by atomic mass is 16.2. The van der Waals surface area contributed by atoms with Crippen molar-refractivity contribution in [3.8, 4) is 0 Å². The standard InChI is InChI=1S/C12H25N3O2/c1-6-13-7-8-14-10(16)9(2)15-11(17)12(3,4)5/h9,13H,6-8H2,1-5H3,(H,14,16)(H,15,17). The Kier molecular flexibility index (Phi) is 6.80. The van der Waals surface area contributed by atoms with E-state index in [1.54, 1.807) is 6.92 Å². The second-order valence-corrected chi connectivity index (χ2v) is 5.09. The number of nitrogens with one attached hydrogen (secondary N) is 3. The van der Waals surface area contributed by atoms with Gasteiger partial charge in [-0.05, 0) is 13.5 Å². The molecule has 0 aromatic heterocycles. The van der Waals surface area contributed by atoms with Crippen LogP contribution in [0.2, 0.25) is 0 Å². The normalized spacial score (nSPS) is 13.0. The predicted octanol–water partition coefficient (Wildman–Crippen LogP) is 0.263. The number of amides is 2. The van der Waals surface area contributed by atoms with Crippen LogP contribution in [0.1, 0.15) is 34.6 Å². The molecule has 0 bridgehead atoms. The van der Waals surface area contributed by atoms with Gasteiger partial charge in [0.05, 0.1) is 0 Å². The van der Waals surface area contributed by atoms with Crippen LogP contribution in [0.5, 0.6) is 0 Å². The van der Waals surface area contributed by atoms with Crippen LogP contribution in [-0.2, 0) is 9.59 Å². The van der Waals surface area contributed by atoms with Gasteiger partial charge < -0.3 is 16.0 Å². The highest BCUT2D eigenvalue weighted by Crippen LogP contribution is 2.12. The average molecular weight is 243 g/mol. The van der Waals surface area contributed by atoms with Gasteiger partial charge >= 0.3 is 0 Å². The van der Waals surface area contributed by atoms with Crippen LogP contribution in [0.15, 0.2) is 0 Å². The van der Waals surface area contributed by atoms with Gasteiger partial charge in [-0.25, -0.2) is 0 Å². The summed E-state index contributed by atoms with van der Waals surface area (Å²) in [5, 5.41) is 8.55. The summed E-state index contributed by atoms with van der Waals surface area (Å²) in [6.45, 7) is 11.3. The zero-order valence-electron chi connectivity index (χ0n) is 11.5. The fraction of sp³-hybridized carbons (Fsp3) is 0.833. The van der Waals surface area contributed by atoms with E-state index in [2.05, 4.69) is 16.0 Å². The highest BCUT2D eigenvalue weighted by Gasteiger charge is 2.24. The molecule has 100 valence electrons. The van der Waals surface area contributed by atoms with E-state index >= 15 is 0 Å². The Bertz CT molecular complexity index is 259. The van der Waals surface area contributed by atoms with Crippen LogP contribution in [0, 0.1) is 5.41 Å². The molecule has 0 rings (SSSR count). The molecule has 2 amide bonds. The van der Waals surface area contributed by atoms with Gasteiger partial charge in [-0.15, -0.1) is 0 Å². The van der Waals surface area contributed by atoms with Gasteiger partial charge in [0.25, 0.3) is 0 Å². The molecule has 0 radical (unpaired) electrons. The van der Waals surface area contributed by atoms with Gasteiger partial charge in [-0.2, -0.15) is 0 Å². The van der Waals surface area contributed by atoms with E-state index in [1.807, 2.05) is 27.7 Å². The molecule has 0 aliphatic heterocycles. The van der Waals surface area contributed by atoms with Crippen molar-refractivity contribution in [2.24, 2.45) is 5.41 Å². The Labute approximate surface area is 104 Å². The Balaban J connectivity index is 3.94. The highest BCUT2D eigenvalue weighted by molar-refractivity contribution is 5.89. The van der Waals surface area contributed by atoms with Crippen molar-refractivity contribution >= 4 is 11.8 Å². The van der Waals surface area contributed by atoms with Crippen LogP contribution >= 0.6 is 0 Å². The van der Waals surface area contributed by atoms with Crippen LogP contribution in [0.4, 0.5) is 0 Å². The number of carbonyl (C=O) groups excluding carboxylic acids is 2. The molecule has 0 fully saturated rings. The Morgan fingerprint density at radius 2 is 1.76 bits per heavy atom. The molecule has 0 aliphatic carbocycles. The Morgan fingerprint density at radius 1 is 1.18 bits per heavy atom. The van der Waals surface area contributed by atoms with E-state index in [0.717, 1.165) is 13.1 Å². The topological polar surface area (TPSA) is 70.2 Å². The van der Waals surface area contributed by atoms with E-state index in [9.17, 15) is 9.59 Å². The number of hydrogen-bond acceptors (Lipinski definition) is 3. The summed E-state index contributed by atoms with van der Waals surface area (Å²) in [5.74, 6) is -0.271. The molecule has 0 heterocycles. The van der Waals surface area contributed by atoms with E-state index < -0.39 is 11.5 Å². The van der Waals surface area contributed by atoms with Crippen LogP contribution < -0.4 is 16.0 Å².